The van der Waals surface area contributed by atoms with Crippen LogP contribution in [0.5, 0.6) is 0 Å². The first kappa shape index (κ1) is 15.7. The van der Waals surface area contributed by atoms with E-state index in [2.05, 4.69) is 10.3 Å². The number of nitrogens with one attached hydrogen (secondary N) is 1. The summed E-state index contributed by atoms with van der Waals surface area (Å²) < 4.78 is 0. The summed E-state index contributed by atoms with van der Waals surface area (Å²) in [7, 11) is 1.42. The molecule has 0 spiro atoms. The Kier molecular flexibility index (Phi) is 3.70. The number of hydrogen-bond acceptors (Lipinski definition) is 6. The number of anilines is 1. The van der Waals surface area contributed by atoms with Crippen LogP contribution in [0, 0.1) is 0 Å². The van der Waals surface area contributed by atoms with Crippen LogP contribution in [0.2, 0.25) is 0 Å². The van der Waals surface area contributed by atoms with E-state index in [9.17, 15) is 14.4 Å². The van der Waals surface area contributed by atoms with Crippen LogP contribution in [0.25, 0.3) is 10.6 Å². The number of thiophene rings is 1. The molecular formula is C17H11N3O3S2. The lowest BCUT2D eigenvalue weighted by molar-refractivity contribution is 0.0693. The van der Waals surface area contributed by atoms with Gasteiger partial charge in [-0.25, -0.2) is 4.98 Å². The second kappa shape index (κ2) is 5.91. The Labute approximate surface area is 150 Å². The topological polar surface area (TPSA) is 79.4 Å². The normalized spacial score (nSPS) is 13.2. The first-order valence-corrected chi connectivity index (χ1v) is 9.08. The van der Waals surface area contributed by atoms with Crippen molar-refractivity contribution >= 4 is 45.5 Å². The summed E-state index contributed by atoms with van der Waals surface area (Å²) in [5.41, 5.74) is 1.69. The van der Waals surface area contributed by atoms with Gasteiger partial charge in [-0.15, -0.1) is 22.7 Å². The number of hydrogen-bond donors (Lipinski definition) is 1. The number of amides is 3. The fraction of sp³-hybridized carbons (Fsp3) is 0.0588. The van der Waals surface area contributed by atoms with Gasteiger partial charge in [0, 0.05) is 18.0 Å². The first-order chi connectivity index (χ1) is 12.0. The van der Waals surface area contributed by atoms with Gasteiger partial charge < -0.3 is 0 Å². The smallest absolute Gasteiger partial charge is 0.261 e. The molecule has 2 aromatic heterocycles. The number of fused-ring (bicyclic) bond motifs is 1. The zero-order chi connectivity index (χ0) is 17.6. The average Bonchev–Trinajstić information content (AvgIpc) is 3.33. The molecule has 0 unspecified atom stereocenters. The van der Waals surface area contributed by atoms with Gasteiger partial charge in [0.15, 0.2) is 5.13 Å². The Morgan fingerprint density at radius 1 is 1.12 bits per heavy atom. The predicted molar refractivity (Wildman–Crippen MR) is 96.2 cm³/mol. The van der Waals surface area contributed by atoms with E-state index in [1.165, 1.54) is 36.6 Å². The van der Waals surface area contributed by atoms with Crippen molar-refractivity contribution in [3.63, 3.8) is 0 Å². The molecule has 3 amide bonds. The lowest BCUT2D eigenvalue weighted by atomic mass is 10.1. The molecule has 0 radical (unpaired) electrons. The lowest BCUT2D eigenvalue weighted by Crippen LogP contribution is -2.24. The molecule has 0 aliphatic carbocycles. The molecule has 4 rings (SSSR count). The Morgan fingerprint density at radius 3 is 2.68 bits per heavy atom. The third-order valence-electron chi connectivity index (χ3n) is 3.85. The SMILES string of the molecule is CN1C(=O)c2ccc(C(=O)Nc3nc(-c4cccs4)cs3)cc2C1=O. The van der Waals surface area contributed by atoms with Crippen LogP contribution in [0.15, 0.2) is 41.1 Å². The molecule has 1 aromatic carbocycles. The first-order valence-electron chi connectivity index (χ1n) is 7.32. The van der Waals surface area contributed by atoms with Crippen LogP contribution in [0.4, 0.5) is 5.13 Å². The summed E-state index contributed by atoms with van der Waals surface area (Å²) in [5, 5.41) is 7.05. The summed E-state index contributed by atoms with van der Waals surface area (Å²) in [6.07, 6.45) is 0. The number of imide groups is 1. The van der Waals surface area contributed by atoms with Crippen molar-refractivity contribution in [2.75, 3.05) is 12.4 Å². The van der Waals surface area contributed by atoms with Gasteiger partial charge in [0.05, 0.1) is 21.7 Å². The maximum Gasteiger partial charge on any atom is 0.261 e. The van der Waals surface area contributed by atoms with Crippen LogP contribution in [0.1, 0.15) is 31.1 Å². The quantitative estimate of drug-likeness (QED) is 0.718. The monoisotopic (exact) mass is 369 g/mol. The molecule has 0 atom stereocenters. The largest absolute Gasteiger partial charge is 0.298 e. The highest BCUT2D eigenvalue weighted by molar-refractivity contribution is 7.16. The lowest BCUT2D eigenvalue weighted by Gasteiger charge is -2.03. The van der Waals surface area contributed by atoms with Gasteiger partial charge in [0.2, 0.25) is 0 Å². The second-order valence-electron chi connectivity index (χ2n) is 5.40. The van der Waals surface area contributed by atoms with Gasteiger partial charge in [-0.2, -0.15) is 0 Å². The van der Waals surface area contributed by atoms with E-state index in [0.29, 0.717) is 16.3 Å². The van der Waals surface area contributed by atoms with Crippen LogP contribution in [0.3, 0.4) is 0 Å². The molecule has 1 N–H and O–H groups in total. The molecule has 0 bridgehead atoms. The Bertz CT molecular complexity index is 1010. The molecule has 3 heterocycles. The fourth-order valence-electron chi connectivity index (χ4n) is 2.54. The molecule has 1 aliphatic rings. The molecule has 0 saturated carbocycles. The van der Waals surface area contributed by atoms with Gasteiger partial charge in [-0.1, -0.05) is 6.07 Å². The Hall–Kier alpha value is -2.84. The standard InChI is InChI=1S/C17H11N3O3S2/c1-20-15(22)10-5-4-9(7-11(10)16(20)23)14(21)19-17-18-12(8-25-17)13-3-2-6-24-13/h2-8H,1H3,(H,18,19,21). The summed E-state index contributed by atoms with van der Waals surface area (Å²) >= 11 is 2.91. The van der Waals surface area contributed by atoms with Crippen LogP contribution in [-0.4, -0.2) is 34.7 Å². The van der Waals surface area contributed by atoms with Crippen LogP contribution >= 0.6 is 22.7 Å². The third kappa shape index (κ3) is 2.65. The van der Waals surface area contributed by atoms with Crippen molar-refractivity contribution in [3.8, 4) is 10.6 Å². The molecule has 3 aromatic rings. The van der Waals surface area contributed by atoms with Crippen molar-refractivity contribution in [2.45, 2.75) is 0 Å². The predicted octanol–water partition coefficient (Wildman–Crippen LogP) is 3.35. The zero-order valence-corrected chi connectivity index (χ0v) is 14.6. The minimum Gasteiger partial charge on any atom is -0.298 e. The van der Waals surface area contributed by atoms with E-state index >= 15 is 0 Å². The maximum atomic E-state index is 12.4. The molecule has 8 heteroatoms. The summed E-state index contributed by atoms with van der Waals surface area (Å²) in [6.45, 7) is 0. The Balaban J connectivity index is 1.57. The Morgan fingerprint density at radius 2 is 1.92 bits per heavy atom. The minimum atomic E-state index is -0.399. The van der Waals surface area contributed by atoms with Gasteiger partial charge in [-0.05, 0) is 29.6 Å². The van der Waals surface area contributed by atoms with Crippen LogP contribution < -0.4 is 5.32 Å². The van der Waals surface area contributed by atoms with E-state index in [-0.39, 0.29) is 17.4 Å². The summed E-state index contributed by atoms with van der Waals surface area (Å²) in [6, 6.07) is 8.39. The van der Waals surface area contributed by atoms with Gasteiger partial charge in [0.25, 0.3) is 17.7 Å². The van der Waals surface area contributed by atoms with E-state index in [1.807, 2.05) is 22.9 Å². The van der Waals surface area contributed by atoms with E-state index < -0.39 is 5.91 Å². The highest BCUT2D eigenvalue weighted by atomic mass is 32.1. The van der Waals surface area contributed by atoms with Crippen LogP contribution in [-0.2, 0) is 0 Å². The zero-order valence-electron chi connectivity index (χ0n) is 13.0. The van der Waals surface area contributed by atoms with Gasteiger partial charge in [0.1, 0.15) is 0 Å². The maximum absolute atomic E-state index is 12.4. The summed E-state index contributed by atoms with van der Waals surface area (Å²) in [4.78, 5) is 42.8. The molecule has 124 valence electrons. The molecule has 6 nitrogen and oxygen atoms in total. The number of rotatable bonds is 3. The van der Waals surface area contributed by atoms with E-state index in [1.54, 1.807) is 11.3 Å². The van der Waals surface area contributed by atoms with E-state index in [4.69, 9.17) is 0 Å². The van der Waals surface area contributed by atoms with Gasteiger partial charge in [-0.3, -0.25) is 24.6 Å². The minimum absolute atomic E-state index is 0.249. The van der Waals surface area contributed by atoms with Crippen molar-refractivity contribution in [1.29, 1.82) is 0 Å². The second-order valence-corrected chi connectivity index (χ2v) is 7.20. The summed E-state index contributed by atoms with van der Waals surface area (Å²) in [5.74, 6) is -1.12. The highest BCUT2D eigenvalue weighted by Crippen LogP contribution is 2.29. The molecule has 0 fully saturated rings. The van der Waals surface area contributed by atoms with Crippen molar-refractivity contribution in [2.24, 2.45) is 0 Å². The van der Waals surface area contributed by atoms with E-state index in [0.717, 1.165) is 15.5 Å². The average molecular weight is 369 g/mol. The number of carbonyl (C=O) groups is 3. The van der Waals surface area contributed by atoms with Crippen molar-refractivity contribution in [3.05, 3.63) is 57.8 Å². The molecule has 0 saturated heterocycles. The number of thiazole rings is 1. The number of carbonyl (C=O) groups excluding carboxylic acids is 3. The molecular weight excluding hydrogens is 358 g/mol. The highest BCUT2D eigenvalue weighted by Gasteiger charge is 2.33. The van der Waals surface area contributed by atoms with Crippen molar-refractivity contribution < 1.29 is 14.4 Å². The third-order valence-corrected chi connectivity index (χ3v) is 5.50. The number of aromatic nitrogens is 1. The van der Waals surface area contributed by atoms with Crippen molar-refractivity contribution in [1.82, 2.24) is 9.88 Å². The number of benzene rings is 1. The molecule has 1 aliphatic heterocycles. The molecule has 25 heavy (non-hydrogen) atoms. The fourth-order valence-corrected chi connectivity index (χ4v) is 4.01. The number of nitrogens with zero attached hydrogens (tertiary/aromatic N) is 2. The van der Waals surface area contributed by atoms with Gasteiger partial charge >= 0.3 is 0 Å².